The van der Waals surface area contributed by atoms with Crippen molar-refractivity contribution in [3.8, 4) is 17.6 Å². The zero-order valence-corrected chi connectivity index (χ0v) is 11.8. The number of nitrogens with two attached hydrogens (primary N) is 1. The summed E-state index contributed by atoms with van der Waals surface area (Å²) in [5.74, 6) is -1.06. The summed E-state index contributed by atoms with van der Waals surface area (Å²) < 4.78 is 5.18. The Kier molecular flexibility index (Phi) is 5.57. The molecule has 0 bridgehead atoms. The molecule has 0 fully saturated rings. The number of urea groups is 1. The summed E-state index contributed by atoms with van der Waals surface area (Å²) >= 11 is 5.83. The molecule has 0 saturated heterocycles. The molecule has 3 amide bonds. The molecule has 0 heterocycles. The van der Waals surface area contributed by atoms with E-state index in [-0.39, 0.29) is 22.1 Å². The Hall–Kier alpha value is -2.72. The molecule has 0 spiro atoms. The second-order valence-corrected chi connectivity index (χ2v) is 4.18. The molecule has 0 aromatic heterocycles. The number of ether oxygens (including phenoxy) is 1. The molecule has 21 heavy (non-hydrogen) atoms. The minimum Gasteiger partial charge on any atom is -0.503 e. The van der Waals surface area contributed by atoms with Crippen LogP contribution in [0.5, 0.6) is 11.5 Å². The molecule has 1 aromatic rings. The number of aromatic hydroxyl groups is 1. The first-order chi connectivity index (χ1) is 9.88. The molecule has 110 valence electrons. The van der Waals surface area contributed by atoms with Crippen LogP contribution in [0.3, 0.4) is 0 Å². The van der Waals surface area contributed by atoms with Gasteiger partial charge in [0, 0.05) is 0 Å². The van der Waals surface area contributed by atoms with Crippen LogP contribution in [0.4, 0.5) is 4.79 Å². The van der Waals surface area contributed by atoms with Gasteiger partial charge in [0.25, 0.3) is 5.91 Å². The van der Waals surface area contributed by atoms with Crippen LogP contribution in [0, 0.1) is 11.3 Å². The molecule has 1 aromatic carbocycles. The fourth-order valence-corrected chi connectivity index (χ4v) is 1.66. The number of amides is 3. The lowest BCUT2D eigenvalue weighted by molar-refractivity contribution is -0.115. The molecule has 0 atom stereocenters. The predicted octanol–water partition coefficient (Wildman–Crippen LogP) is 1.55. The maximum absolute atomic E-state index is 11.5. The lowest BCUT2D eigenvalue weighted by atomic mass is 10.1. The van der Waals surface area contributed by atoms with Crippen molar-refractivity contribution in [2.45, 2.75) is 6.92 Å². The van der Waals surface area contributed by atoms with Crippen molar-refractivity contribution in [1.29, 1.82) is 5.26 Å². The van der Waals surface area contributed by atoms with Crippen LogP contribution in [-0.2, 0) is 4.79 Å². The summed E-state index contributed by atoms with van der Waals surface area (Å²) in [6, 6.07) is 3.31. The summed E-state index contributed by atoms with van der Waals surface area (Å²) in [6.07, 6.45) is 1.19. The topological polar surface area (TPSA) is 125 Å². The van der Waals surface area contributed by atoms with Gasteiger partial charge in [-0.25, -0.2) is 4.79 Å². The summed E-state index contributed by atoms with van der Waals surface area (Å²) in [6.45, 7) is 2.02. The largest absolute Gasteiger partial charge is 0.503 e. The van der Waals surface area contributed by atoms with E-state index in [4.69, 9.17) is 27.3 Å². The van der Waals surface area contributed by atoms with Gasteiger partial charge in [-0.1, -0.05) is 11.6 Å². The number of halogens is 1. The quantitative estimate of drug-likeness (QED) is 0.574. The van der Waals surface area contributed by atoms with Crippen molar-refractivity contribution in [2.24, 2.45) is 5.73 Å². The molecular formula is C13H12ClN3O4. The third-order valence-corrected chi connectivity index (χ3v) is 2.55. The van der Waals surface area contributed by atoms with Crippen LogP contribution in [-0.4, -0.2) is 23.7 Å². The smallest absolute Gasteiger partial charge is 0.319 e. The molecule has 8 heteroatoms. The van der Waals surface area contributed by atoms with Gasteiger partial charge in [-0.15, -0.1) is 0 Å². The summed E-state index contributed by atoms with van der Waals surface area (Å²) in [4.78, 5) is 22.1. The maximum Gasteiger partial charge on any atom is 0.319 e. The molecule has 1 rings (SSSR count). The Balaban J connectivity index is 3.20. The van der Waals surface area contributed by atoms with Gasteiger partial charge >= 0.3 is 6.03 Å². The molecule has 0 saturated carbocycles. The Morgan fingerprint density at radius 2 is 2.24 bits per heavy atom. The number of phenols is 1. The summed E-state index contributed by atoms with van der Waals surface area (Å²) in [7, 11) is 0. The fraction of sp³-hybridized carbons (Fsp3) is 0.154. The van der Waals surface area contributed by atoms with Crippen LogP contribution in [0.25, 0.3) is 6.08 Å². The number of benzene rings is 1. The van der Waals surface area contributed by atoms with Gasteiger partial charge in [-0.05, 0) is 30.7 Å². The second-order valence-electron chi connectivity index (χ2n) is 3.77. The number of hydrogen-bond donors (Lipinski definition) is 3. The minimum absolute atomic E-state index is 0.000186. The molecule has 7 nitrogen and oxygen atoms in total. The number of carbonyl (C=O) groups is 2. The second kappa shape index (κ2) is 7.17. The van der Waals surface area contributed by atoms with Crippen molar-refractivity contribution in [2.75, 3.05) is 6.61 Å². The van der Waals surface area contributed by atoms with Crippen LogP contribution >= 0.6 is 11.6 Å². The average Bonchev–Trinajstić information content (AvgIpc) is 2.40. The molecule has 0 aliphatic carbocycles. The molecule has 0 aliphatic heterocycles. The number of phenolic OH excluding ortho intramolecular Hbond substituents is 1. The first-order valence-corrected chi connectivity index (χ1v) is 6.14. The van der Waals surface area contributed by atoms with E-state index in [9.17, 15) is 14.7 Å². The van der Waals surface area contributed by atoms with Gasteiger partial charge in [-0.3, -0.25) is 10.1 Å². The van der Waals surface area contributed by atoms with Gasteiger partial charge in [0.05, 0.1) is 11.6 Å². The van der Waals surface area contributed by atoms with Crippen molar-refractivity contribution in [3.05, 3.63) is 28.3 Å². The minimum atomic E-state index is -1.07. The van der Waals surface area contributed by atoms with Crippen LogP contribution in [0.1, 0.15) is 12.5 Å². The van der Waals surface area contributed by atoms with Gasteiger partial charge in [-0.2, -0.15) is 5.26 Å². The third-order valence-electron chi connectivity index (χ3n) is 2.26. The standard InChI is InChI=1S/C13H12ClN3O4/c1-2-21-10-5-7(4-9(14)11(10)18)3-8(6-15)12(19)17-13(16)20/h3-5,18H,2H2,1H3,(H3,16,17,19,20)/b8-3-. The number of nitrogens with one attached hydrogen (secondary N) is 1. The zero-order valence-electron chi connectivity index (χ0n) is 11.0. The lowest BCUT2D eigenvalue weighted by Gasteiger charge is -2.08. The molecule has 0 radical (unpaired) electrons. The Labute approximate surface area is 125 Å². The van der Waals surface area contributed by atoms with E-state index in [0.29, 0.717) is 12.2 Å². The third kappa shape index (κ3) is 4.40. The number of primary amides is 1. The molecule has 4 N–H and O–H groups in total. The Morgan fingerprint density at radius 1 is 1.57 bits per heavy atom. The van der Waals surface area contributed by atoms with Crippen LogP contribution in [0.2, 0.25) is 5.02 Å². The van der Waals surface area contributed by atoms with Crippen molar-refractivity contribution in [1.82, 2.24) is 5.32 Å². The highest BCUT2D eigenvalue weighted by atomic mass is 35.5. The Bertz CT molecular complexity index is 650. The number of hydrogen-bond acceptors (Lipinski definition) is 5. The van der Waals surface area contributed by atoms with Gasteiger partial charge < -0.3 is 15.6 Å². The van der Waals surface area contributed by atoms with E-state index >= 15 is 0 Å². The highest BCUT2D eigenvalue weighted by molar-refractivity contribution is 6.32. The van der Waals surface area contributed by atoms with E-state index in [0.717, 1.165) is 0 Å². The summed E-state index contributed by atoms with van der Waals surface area (Å²) in [5, 5.41) is 20.4. The number of nitriles is 1. The van der Waals surface area contributed by atoms with Crippen molar-refractivity contribution in [3.63, 3.8) is 0 Å². The predicted molar refractivity (Wildman–Crippen MR) is 75.6 cm³/mol. The Morgan fingerprint density at radius 3 is 2.76 bits per heavy atom. The number of rotatable bonds is 4. The van der Waals surface area contributed by atoms with E-state index < -0.39 is 11.9 Å². The van der Waals surface area contributed by atoms with Crippen LogP contribution in [0.15, 0.2) is 17.7 Å². The first kappa shape index (κ1) is 16.3. The monoisotopic (exact) mass is 309 g/mol. The van der Waals surface area contributed by atoms with Gasteiger partial charge in [0.15, 0.2) is 11.5 Å². The normalized spacial score (nSPS) is 10.6. The van der Waals surface area contributed by atoms with Gasteiger partial charge in [0.1, 0.15) is 11.6 Å². The zero-order chi connectivity index (χ0) is 16.0. The van der Waals surface area contributed by atoms with Gasteiger partial charge in [0.2, 0.25) is 0 Å². The molecular weight excluding hydrogens is 298 g/mol. The molecule has 0 unspecified atom stereocenters. The van der Waals surface area contributed by atoms with Crippen LogP contribution < -0.4 is 15.8 Å². The highest BCUT2D eigenvalue weighted by Gasteiger charge is 2.13. The van der Waals surface area contributed by atoms with E-state index in [2.05, 4.69) is 0 Å². The molecule has 0 aliphatic rings. The number of imide groups is 1. The maximum atomic E-state index is 11.5. The van der Waals surface area contributed by atoms with E-state index in [1.54, 1.807) is 18.3 Å². The van der Waals surface area contributed by atoms with Crippen molar-refractivity contribution < 1.29 is 19.4 Å². The SMILES string of the molecule is CCOc1cc(/C=C(/C#N)C(=O)NC(N)=O)cc(Cl)c1O. The number of nitrogens with zero attached hydrogens (tertiary/aromatic N) is 1. The number of carbonyl (C=O) groups excluding carboxylic acids is 2. The first-order valence-electron chi connectivity index (χ1n) is 5.77. The average molecular weight is 310 g/mol. The highest BCUT2D eigenvalue weighted by Crippen LogP contribution is 2.35. The lowest BCUT2D eigenvalue weighted by Crippen LogP contribution is -2.35. The van der Waals surface area contributed by atoms with Crippen molar-refractivity contribution >= 4 is 29.6 Å². The van der Waals surface area contributed by atoms with E-state index in [1.807, 2.05) is 0 Å². The van der Waals surface area contributed by atoms with E-state index in [1.165, 1.54) is 18.2 Å². The summed E-state index contributed by atoms with van der Waals surface area (Å²) in [5.41, 5.74) is 4.80. The fourth-order valence-electron chi connectivity index (χ4n) is 1.44.